The van der Waals surface area contributed by atoms with E-state index in [-0.39, 0.29) is 24.7 Å². The first-order chi connectivity index (χ1) is 22.5. The Kier molecular flexibility index (Phi) is 10.4. The van der Waals surface area contributed by atoms with Crippen molar-refractivity contribution in [3.05, 3.63) is 71.7 Å². The molecule has 4 aromatic rings. The lowest BCUT2D eigenvalue weighted by molar-refractivity contribution is -0.192. The van der Waals surface area contributed by atoms with Gasteiger partial charge in [0.1, 0.15) is 23.2 Å². The maximum absolute atomic E-state index is 13.6. The minimum absolute atomic E-state index is 0.0320. The van der Waals surface area contributed by atoms with Gasteiger partial charge in [0, 0.05) is 63.0 Å². The smallest absolute Gasteiger partial charge is 0.475 e. The van der Waals surface area contributed by atoms with Crippen LogP contribution in [0.1, 0.15) is 34.5 Å². The monoisotopic (exact) mass is 684 g/mol. The summed E-state index contributed by atoms with van der Waals surface area (Å²) in [5.41, 5.74) is 0.664. The zero-order chi connectivity index (χ0) is 35.3. The number of carbonyl (C=O) groups excluding carboxylic acids is 1. The number of rotatable bonds is 7. The molecule has 254 valence electrons. The van der Waals surface area contributed by atoms with Gasteiger partial charge in [-0.05, 0) is 24.3 Å². The molecule has 0 aliphatic carbocycles. The molecule has 1 fully saturated rings. The Morgan fingerprint density at radius 1 is 0.958 bits per heavy atom. The number of piperidine rings is 1. The van der Waals surface area contributed by atoms with Gasteiger partial charge in [-0.1, -0.05) is 12.1 Å². The number of aromatic nitrogens is 4. The van der Waals surface area contributed by atoms with Crippen LogP contribution in [0.15, 0.2) is 54.9 Å². The number of nitrogens with zero attached hydrogens (tertiary/aromatic N) is 6. The first-order valence-corrected chi connectivity index (χ1v) is 13.9. The molecule has 1 aliphatic rings. The number of halogens is 8. The maximum atomic E-state index is 13.6. The quantitative estimate of drug-likeness (QED) is 0.164. The molecular weight excluding hydrogens is 660 g/mol. The third kappa shape index (κ3) is 9.04. The Bertz CT molecular complexity index is 1790. The number of hydrogen-bond acceptors (Lipinski definition) is 8. The number of fused-ring (bicyclic) bond motifs is 1. The van der Waals surface area contributed by atoms with Gasteiger partial charge >= 0.3 is 18.3 Å². The SMILES string of the molecule is N#Cc1ccc(NCCNc2nc(-c3ccc(C(F)(F)F)cc3)cc3nc(C(=O)N4CCC(F)(F)CC4)cn23)nc1.O=C(O)C(F)(F)F. The van der Waals surface area contributed by atoms with E-state index in [9.17, 15) is 39.9 Å². The number of imidazole rings is 1. The van der Waals surface area contributed by atoms with Crippen LogP contribution in [0, 0.1) is 11.3 Å². The second-order valence-electron chi connectivity index (χ2n) is 10.2. The zero-order valence-corrected chi connectivity index (χ0v) is 24.4. The molecule has 0 spiro atoms. The lowest BCUT2D eigenvalue weighted by Gasteiger charge is -2.31. The van der Waals surface area contributed by atoms with Crippen molar-refractivity contribution in [1.29, 1.82) is 5.26 Å². The fourth-order valence-electron chi connectivity index (χ4n) is 4.32. The number of nitrogens with one attached hydrogen (secondary N) is 2. The lowest BCUT2D eigenvalue weighted by Crippen LogP contribution is -2.42. The number of aliphatic carboxylic acids is 1. The van der Waals surface area contributed by atoms with Crippen molar-refractivity contribution in [1.82, 2.24) is 24.3 Å². The highest BCUT2D eigenvalue weighted by atomic mass is 19.4. The van der Waals surface area contributed by atoms with E-state index < -0.39 is 48.6 Å². The summed E-state index contributed by atoms with van der Waals surface area (Å²) in [7, 11) is 0. The number of likely N-dealkylation sites (tertiary alicyclic amines) is 1. The van der Waals surface area contributed by atoms with Crippen LogP contribution in [-0.4, -0.2) is 79.5 Å². The fourth-order valence-corrected chi connectivity index (χ4v) is 4.32. The number of anilines is 2. The predicted octanol–water partition coefficient (Wildman–Crippen LogP) is 5.71. The number of benzene rings is 1. The Hall–Kier alpha value is -5.54. The lowest BCUT2D eigenvalue weighted by atomic mass is 10.1. The Morgan fingerprint density at radius 3 is 2.12 bits per heavy atom. The third-order valence-corrected chi connectivity index (χ3v) is 6.81. The molecule has 19 heteroatoms. The van der Waals surface area contributed by atoms with E-state index in [1.165, 1.54) is 39.9 Å². The summed E-state index contributed by atoms with van der Waals surface area (Å²) < 4.78 is 99.6. The molecule has 3 aromatic heterocycles. The van der Waals surface area contributed by atoms with E-state index in [1.54, 1.807) is 12.1 Å². The van der Waals surface area contributed by atoms with Crippen LogP contribution in [0.3, 0.4) is 0 Å². The van der Waals surface area contributed by atoms with Crippen LogP contribution in [0.2, 0.25) is 0 Å². The van der Waals surface area contributed by atoms with Gasteiger partial charge in [0.05, 0.1) is 16.8 Å². The van der Waals surface area contributed by atoms with Gasteiger partial charge in [-0.25, -0.2) is 28.5 Å². The molecule has 0 unspecified atom stereocenters. The van der Waals surface area contributed by atoms with Crippen LogP contribution in [0.4, 0.5) is 46.9 Å². The number of carboxylic acids is 1. The summed E-state index contributed by atoms with van der Waals surface area (Å²) in [6.45, 7) is 0.502. The van der Waals surface area contributed by atoms with E-state index in [0.717, 1.165) is 12.1 Å². The highest BCUT2D eigenvalue weighted by Crippen LogP contribution is 2.32. The Morgan fingerprint density at radius 2 is 1.58 bits per heavy atom. The molecule has 1 saturated heterocycles. The predicted molar refractivity (Wildman–Crippen MR) is 153 cm³/mol. The van der Waals surface area contributed by atoms with Gasteiger partial charge < -0.3 is 20.6 Å². The molecule has 11 nitrogen and oxygen atoms in total. The van der Waals surface area contributed by atoms with Gasteiger partial charge in [0.15, 0.2) is 0 Å². The van der Waals surface area contributed by atoms with Gasteiger partial charge in [0.2, 0.25) is 5.95 Å². The summed E-state index contributed by atoms with van der Waals surface area (Å²) in [4.78, 5) is 36.4. The second kappa shape index (κ2) is 14.1. The minimum Gasteiger partial charge on any atom is -0.475 e. The van der Waals surface area contributed by atoms with Crippen molar-refractivity contribution in [3.8, 4) is 17.3 Å². The third-order valence-electron chi connectivity index (χ3n) is 6.81. The van der Waals surface area contributed by atoms with Crippen molar-refractivity contribution in [2.24, 2.45) is 0 Å². The summed E-state index contributed by atoms with van der Waals surface area (Å²) >= 11 is 0. The van der Waals surface area contributed by atoms with E-state index in [1.807, 2.05) is 6.07 Å². The number of carbonyl (C=O) groups is 2. The Balaban J connectivity index is 0.000000671. The number of amides is 1. The van der Waals surface area contributed by atoms with E-state index in [4.69, 9.17) is 15.2 Å². The molecule has 1 amide bonds. The minimum atomic E-state index is -5.08. The molecule has 3 N–H and O–H groups in total. The molecule has 1 aromatic carbocycles. The molecule has 4 heterocycles. The van der Waals surface area contributed by atoms with Gasteiger partial charge in [-0.2, -0.15) is 31.6 Å². The average Bonchev–Trinajstić information content (AvgIpc) is 3.47. The van der Waals surface area contributed by atoms with Crippen LogP contribution in [0.5, 0.6) is 0 Å². The molecular formula is C29H24F8N8O3. The van der Waals surface area contributed by atoms with Crippen molar-refractivity contribution in [2.75, 3.05) is 36.8 Å². The van der Waals surface area contributed by atoms with Gasteiger partial charge in [0.25, 0.3) is 11.8 Å². The maximum Gasteiger partial charge on any atom is 0.490 e. The molecule has 48 heavy (non-hydrogen) atoms. The van der Waals surface area contributed by atoms with Crippen molar-refractivity contribution in [3.63, 3.8) is 0 Å². The van der Waals surface area contributed by atoms with Crippen molar-refractivity contribution < 1.29 is 49.8 Å². The summed E-state index contributed by atoms with van der Waals surface area (Å²) in [5.74, 6) is -5.25. The van der Waals surface area contributed by atoms with E-state index in [0.29, 0.717) is 41.4 Å². The second-order valence-corrected chi connectivity index (χ2v) is 10.2. The topological polar surface area (TPSA) is 149 Å². The van der Waals surface area contributed by atoms with E-state index >= 15 is 0 Å². The highest BCUT2D eigenvalue weighted by Gasteiger charge is 2.38. The molecule has 0 saturated carbocycles. The normalized spacial score (nSPS) is 14.4. The fraction of sp³-hybridized carbons (Fsp3) is 0.310. The van der Waals surface area contributed by atoms with Gasteiger partial charge in [-0.15, -0.1) is 0 Å². The molecule has 0 radical (unpaired) electrons. The van der Waals surface area contributed by atoms with Crippen LogP contribution in [-0.2, 0) is 11.0 Å². The summed E-state index contributed by atoms with van der Waals surface area (Å²) in [6.07, 6.45) is -7.55. The van der Waals surface area contributed by atoms with Crippen molar-refractivity contribution >= 4 is 29.3 Å². The van der Waals surface area contributed by atoms with Crippen LogP contribution >= 0.6 is 0 Å². The summed E-state index contributed by atoms with van der Waals surface area (Å²) in [5, 5.41) is 22.3. The average molecular weight is 685 g/mol. The number of pyridine rings is 1. The van der Waals surface area contributed by atoms with Crippen LogP contribution in [0.25, 0.3) is 16.9 Å². The molecule has 0 bridgehead atoms. The summed E-state index contributed by atoms with van der Waals surface area (Å²) in [6, 6.07) is 11.3. The number of hydrogen-bond donors (Lipinski definition) is 3. The van der Waals surface area contributed by atoms with E-state index in [2.05, 4.69) is 25.6 Å². The number of alkyl halides is 8. The standard InChI is InChI=1S/C27H23F5N8O.C2HF3O2/c28-26(29)7-11-39(12-8-26)24(41)21-16-40-23(37-21)13-20(18-2-4-19(5-3-18)27(30,31)32)38-25(40)35-10-9-34-22-6-1-17(14-33)15-36-22;3-2(4,5)1(6)7/h1-6,13,15-16H,7-12H2,(H,34,36)(H,35,38);(H,6,7). The highest BCUT2D eigenvalue weighted by molar-refractivity contribution is 5.93. The molecule has 5 rings (SSSR count). The van der Waals surface area contributed by atoms with Crippen molar-refractivity contribution in [2.45, 2.75) is 31.1 Å². The number of nitriles is 1. The largest absolute Gasteiger partial charge is 0.490 e. The first kappa shape index (κ1) is 35.3. The van der Waals surface area contributed by atoms with Crippen LogP contribution < -0.4 is 10.6 Å². The molecule has 0 atom stereocenters. The van der Waals surface area contributed by atoms with Gasteiger partial charge in [-0.3, -0.25) is 9.20 Å². The first-order valence-electron chi connectivity index (χ1n) is 13.9. The Labute approximate surface area is 265 Å². The number of carboxylic acid groups (broad SMARTS) is 1. The molecule has 1 aliphatic heterocycles. The zero-order valence-electron chi connectivity index (χ0n) is 24.4.